The standard InChI is InChI=1S/C11H16N4O3/c1-7-2-3-14(4-7)10(18)15-5-11(6-15)8(16)12-9(17)13-11/h7H,2-6H2,1H3,(H2,12,13,16,17). The van der Waals surface area contributed by atoms with Gasteiger partial charge in [-0.1, -0.05) is 6.92 Å². The first kappa shape index (κ1) is 11.3. The molecule has 3 aliphatic rings. The molecule has 3 fully saturated rings. The Morgan fingerprint density at radius 1 is 1.33 bits per heavy atom. The van der Waals surface area contributed by atoms with Crippen molar-refractivity contribution >= 4 is 18.0 Å². The van der Waals surface area contributed by atoms with Crippen LogP contribution in [0.2, 0.25) is 0 Å². The number of nitrogens with zero attached hydrogens (tertiary/aromatic N) is 2. The Morgan fingerprint density at radius 2 is 2.06 bits per heavy atom. The van der Waals surface area contributed by atoms with E-state index in [0.29, 0.717) is 5.92 Å². The molecule has 2 N–H and O–H groups in total. The van der Waals surface area contributed by atoms with Gasteiger partial charge in [0.1, 0.15) is 0 Å². The van der Waals surface area contributed by atoms with Gasteiger partial charge in [0, 0.05) is 13.1 Å². The van der Waals surface area contributed by atoms with E-state index in [1.807, 2.05) is 4.90 Å². The monoisotopic (exact) mass is 252 g/mol. The highest BCUT2D eigenvalue weighted by atomic mass is 16.2. The zero-order valence-corrected chi connectivity index (χ0v) is 10.2. The summed E-state index contributed by atoms with van der Waals surface area (Å²) < 4.78 is 0. The smallest absolute Gasteiger partial charge is 0.322 e. The van der Waals surface area contributed by atoms with Crippen molar-refractivity contribution in [1.82, 2.24) is 20.4 Å². The summed E-state index contributed by atoms with van der Waals surface area (Å²) in [4.78, 5) is 38.2. The van der Waals surface area contributed by atoms with Crippen molar-refractivity contribution < 1.29 is 14.4 Å². The van der Waals surface area contributed by atoms with E-state index in [0.717, 1.165) is 19.5 Å². The fraction of sp³-hybridized carbons (Fsp3) is 0.727. The molecule has 0 aromatic heterocycles. The van der Waals surface area contributed by atoms with E-state index >= 15 is 0 Å². The van der Waals surface area contributed by atoms with E-state index in [2.05, 4.69) is 17.6 Å². The SMILES string of the molecule is CC1CCN(C(=O)N2CC3(C2)NC(=O)NC3=O)C1. The molecular weight excluding hydrogens is 236 g/mol. The first-order chi connectivity index (χ1) is 8.50. The topological polar surface area (TPSA) is 81.8 Å². The van der Waals surface area contributed by atoms with Crippen molar-refractivity contribution in [1.29, 1.82) is 0 Å². The van der Waals surface area contributed by atoms with E-state index in [-0.39, 0.29) is 25.0 Å². The molecule has 98 valence electrons. The average Bonchev–Trinajstić information content (AvgIpc) is 2.79. The zero-order chi connectivity index (χ0) is 12.9. The summed E-state index contributed by atoms with van der Waals surface area (Å²) in [5.41, 5.74) is -0.877. The second-order valence-corrected chi connectivity index (χ2v) is 5.47. The molecule has 7 heteroatoms. The summed E-state index contributed by atoms with van der Waals surface area (Å²) in [6.07, 6.45) is 1.03. The van der Waals surface area contributed by atoms with Crippen molar-refractivity contribution in [2.24, 2.45) is 5.92 Å². The lowest BCUT2D eigenvalue weighted by Crippen LogP contribution is -2.73. The summed E-state index contributed by atoms with van der Waals surface area (Å²) in [6, 6.07) is -0.499. The molecule has 0 radical (unpaired) electrons. The van der Waals surface area contributed by atoms with Crippen molar-refractivity contribution in [3.63, 3.8) is 0 Å². The minimum absolute atomic E-state index is 0.0288. The zero-order valence-electron chi connectivity index (χ0n) is 10.2. The fourth-order valence-corrected chi connectivity index (χ4v) is 2.80. The number of hydrogen-bond acceptors (Lipinski definition) is 3. The summed E-state index contributed by atoms with van der Waals surface area (Å²) in [7, 11) is 0. The van der Waals surface area contributed by atoms with Crippen molar-refractivity contribution in [2.75, 3.05) is 26.2 Å². The molecule has 1 spiro atoms. The third-order valence-electron chi connectivity index (χ3n) is 3.90. The van der Waals surface area contributed by atoms with Gasteiger partial charge in [-0.15, -0.1) is 0 Å². The summed E-state index contributed by atoms with van der Waals surface area (Å²) in [6.45, 7) is 4.22. The molecule has 3 saturated heterocycles. The summed E-state index contributed by atoms with van der Waals surface area (Å²) in [5, 5.41) is 4.79. The quantitative estimate of drug-likeness (QED) is 0.562. The molecule has 1 unspecified atom stereocenters. The molecule has 1 atom stereocenters. The van der Waals surface area contributed by atoms with E-state index in [4.69, 9.17) is 0 Å². The summed E-state index contributed by atoms with van der Waals surface area (Å²) >= 11 is 0. The van der Waals surface area contributed by atoms with Gasteiger partial charge < -0.3 is 15.1 Å². The Balaban J connectivity index is 1.60. The molecule has 3 aliphatic heterocycles. The number of nitrogens with one attached hydrogen (secondary N) is 2. The number of rotatable bonds is 0. The van der Waals surface area contributed by atoms with Gasteiger partial charge in [-0.25, -0.2) is 9.59 Å². The molecule has 0 aromatic rings. The highest BCUT2D eigenvalue weighted by Gasteiger charge is 2.56. The second kappa shape index (κ2) is 3.60. The Morgan fingerprint density at radius 3 is 2.56 bits per heavy atom. The number of carbonyl (C=O) groups is 3. The van der Waals surface area contributed by atoms with Crippen molar-refractivity contribution in [3.05, 3.63) is 0 Å². The van der Waals surface area contributed by atoms with Crippen LogP contribution >= 0.6 is 0 Å². The Bertz CT molecular complexity index is 430. The van der Waals surface area contributed by atoms with Crippen LogP contribution in [-0.2, 0) is 4.79 Å². The van der Waals surface area contributed by atoms with Crippen molar-refractivity contribution in [2.45, 2.75) is 18.9 Å². The van der Waals surface area contributed by atoms with Crippen LogP contribution < -0.4 is 10.6 Å². The van der Waals surface area contributed by atoms with Crippen LogP contribution in [0.1, 0.15) is 13.3 Å². The Labute approximate surface area is 104 Å². The first-order valence-electron chi connectivity index (χ1n) is 6.18. The van der Waals surface area contributed by atoms with Gasteiger partial charge in [0.05, 0.1) is 13.1 Å². The number of likely N-dealkylation sites (tertiary alicyclic amines) is 2. The predicted molar refractivity (Wildman–Crippen MR) is 61.7 cm³/mol. The molecule has 0 bridgehead atoms. The average molecular weight is 252 g/mol. The van der Waals surface area contributed by atoms with Gasteiger partial charge in [0.25, 0.3) is 5.91 Å². The lowest BCUT2D eigenvalue weighted by atomic mass is 9.90. The van der Waals surface area contributed by atoms with E-state index < -0.39 is 11.6 Å². The van der Waals surface area contributed by atoms with Gasteiger partial charge in [0.15, 0.2) is 5.54 Å². The Kier molecular flexibility index (Phi) is 2.26. The fourth-order valence-electron chi connectivity index (χ4n) is 2.80. The third kappa shape index (κ3) is 1.53. The minimum Gasteiger partial charge on any atom is -0.324 e. The van der Waals surface area contributed by atoms with E-state index in [1.54, 1.807) is 4.90 Å². The van der Waals surface area contributed by atoms with Crippen LogP contribution in [0.4, 0.5) is 9.59 Å². The number of amides is 5. The first-order valence-corrected chi connectivity index (χ1v) is 6.18. The molecular formula is C11H16N4O3. The Hall–Kier alpha value is -1.79. The molecule has 18 heavy (non-hydrogen) atoms. The molecule has 3 rings (SSSR count). The number of urea groups is 2. The van der Waals surface area contributed by atoms with Gasteiger partial charge in [-0.05, 0) is 12.3 Å². The maximum absolute atomic E-state index is 12.1. The van der Waals surface area contributed by atoms with Crippen molar-refractivity contribution in [3.8, 4) is 0 Å². The molecule has 0 saturated carbocycles. The van der Waals surface area contributed by atoms with Gasteiger partial charge in [0.2, 0.25) is 0 Å². The molecule has 0 aromatic carbocycles. The largest absolute Gasteiger partial charge is 0.324 e. The van der Waals surface area contributed by atoms with Crippen LogP contribution in [0, 0.1) is 5.92 Å². The molecule has 5 amide bonds. The summed E-state index contributed by atoms with van der Waals surface area (Å²) in [5.74, 6) is 0.213. The highest BCUT2D eigenvalue weighted by molar-refractivity contribution is 6.08. The lowest BCUT2D eigenvalue weighted by Gasteiger charge is -2.46. The van der Waals surface area contributed by atoms with Crippen LogP contribution in [0.3, 0.4) is 0 Å². The molecule has 3 heterocycles. The van der Waals surface area contributed by atoms with E-state index in [1.165, 1.54) is 0 Å². The number of carbonyl (C=O) groups excluding carboxylic acids is 3. The van der Waals surface area contributed by atoms with E-state index in [9.17, 15) is 14.4 Å². The van der Waals surface area contributed by atoms with Gasteiger partial charge in [-0.3, -0.25) is 10.1 Å². The molecule has 7 nitrogen and oxygen atoms in total. The molecule has 0 aliphatic carbocycles. The maximum Gasteiger partial charge on any atom is 0.322 e. The number of hydrogen-bond donors (Lipinski definition) is 2. The van der Waals surface area contributed by atoms with Gasteiger partial charge in [-0.2, -0.15) is 0 Å². The van der Waals surface area contributed by atoms with Crippen LogP contribution in [0.15, 0.2) is 0 Å². The maximum atomic E-state index is 12.1. The predicted octanol–water partition coefficient (Wildman–Crippen LogP) is -0.658. The number of imide groups is 1. The lowest BCUT2D eigenvalue weighted by molar-refractivity contribution is -0.128. The third-order valence-corrected chi connectivity index (χ3v) is 3.90. The normalized spacial score (nSPS) is 29.3. The second-order valence-electron chi connectivity index (χ2n) is 5.47. The highest BCUT2D eigenvalue weighted by Crippen LogP contribution is 2.27. The van der Waals surface area contributed by atoms with Crippen LogP contribution in [0.5, 0.6) is 0 Å². The van der Waals surface area contributed by atoms with Crippen LogP contribution in [-0.4, -0.2) is 59.5 Å². The van der Waals surface area contributed by atoms with Gasteiger partial charge >= 0.3 is 12.1 Å². The van der Waals surface area contributed by atoms with Crippen LogP contribution in [0.25, 0.3) is 0 Å². The minimum atomic E-state index is -0.877.